The molecule has 162 valence electrons. The predicted molar refractivity (Wildman–Crippen MR) is 125 cm³/mol. The highest BCUT2D eigenvalue weighted by atomic mass is 16.5. The molecule has 0 spiro atoms. The van der Waals surface area contributed by atoms with E-state index in [4.69, 9.17) is 4.74 Å². The molecule has 1 saturated heterocycles. The van der Waals surface area contributed by atoms with Crippen molar-refractivity contribution in [1.82, 2.24) is 14.4 Å². The monoisotopic (exact) mass is 415 g/mol. The summed E-state index contributed by atoms with van der Waals surface area (Å²) in [6.45, 7) is 6.91. The molecule has 4 heteroatoms. The normalized spacial score (nSPS) is 22.4. The third-order valence-electron chi connectivity index (χ3n) is 6.98. The minimum atomic E-state index is 0.376. The Morgan fingerprint density at radius 3 is 2.45 bits per heavy atom. The average molecular weight is 416 g/mol. The standard InChI is InChI=1S/C27H33N3O/c1-28-14-7-12-26(28)27-25(21-29-16-18-31-19-17-29)24-11-6-5-10-23(24)20-30(27)15-13-22-8-3-2-4-9-22/h2-12,14,25,27H,13,15-21H2,1H3/t25-,27-/m0/s1. The van der Waals surface area contributed by atoms with Gasteiger partial charge in [-0.3, -0.25) is 9.80 Å². The van der Waals surface area contributed by atoms with E-state index in [2.05, 4.69) is 94.3 Å². The lowest BCUT2D eigenvalue weighted by Crippen LogP contribution is -2.45. The molecule has 2 aliphatic heterocycles. The minimum absolute atomic E-state index is 0.376. The Morgan fingerprint density at radius 2 is 1.68 bits per heavy atom. The number of fused-ring (bicyclic) bond motifs is 1. The summed E-state index contributed by atoms with van der Waals surface area (Å²) in [7, 11) is 2.19. The topological polar surface area (TPSA) is 20.6 Å². The van der Waals surface area contributed by atoms with Crippen LogP contribution in [0, 0.1) is 0 Å². The van der Waals surface area contributed by atoms with Crippen molar-refractivity contribution in [2.45, 2.75) is 24.9 Å². The van der Waals surface area contributed by atoms with Crippen molar-refractivity contribution in [3.63, 3.8) is 0 Å². The smallest absolute Gasteiger partial charge is 0.0594 e. The summed E-state index contributed by atoms with van der Waals surface area (Å²) >= 11 is 0. The summed E-state index contributed by atoms with van der Waals surface area (Å²) in [4.78, 5) is 5.32. The van der Waals surface area contributed by atoms with E-state index in [9.17, 15) is 0 Å². The van der Waals surface area contributed by atoms with Crippen LogP contribution in [0.4, 0.5) is 0 Å². The van der Waals surface area contributed by atoms with Crippen LogP contribution in [-0.4, -0.2) is 53.8 Å². The Hall–Kier alpha value is -2.40. The van der Waals surface area contributed by atoms with Gasteiger partial charge < -0.3 is 9.30 Å². The van der Waals surface area contributed by atoms with E-state index in [0.717, 1.165) is 52.4 Å². The van der Waals surface area contributed by atoms with Crippen LogP contribution >= 0.6 is 0 Å². The summed E-state index contributed by atoms with van der Waals surface area (Å²) in [6.07, 6.45) is 3.27. The van der Waals surface area contributed by atoms with Gasteiger partial charge in [-0.2, -0.15) is 0 Å². The predicted octanol–water partition coefficient (Wildman–Crippen LogP) is 4.24. The van der Waals surface area contributed by atoms with Gasteiger partial charge in [-0.05, 0) is 35.2 Å². The number of nitrogens with zero attached hydrogens (tertiary/aromatic N) is 3. The lowest BCUT2D eigenvalue weighted by Gasteiger charge is -2.45. The molecule has 0 saturated carbocycles. The number of morpholine rings is 1. The van der Waals surface area contributed by atoms with Crippen molar-refractivity contribution in [2.24, 2.45) is 7.05 Å². The minimum Gasteiger partial charge on any atom is -0.379 e. The Labute approximate surface area is 186 Å². The highest BCUT2D eigenvalue weighted by molar-refractivity contribution is 5.37. The van der Waals surface area contributed by atoms with Crippen LogP contribution in [-0.2, 0) is 24.8 Å². The summed E-state index contributed by atoms with van der Waals surface area (Å²) in [6, 6.07) is 24.9. The van der Waals surface area contributed by atoms with Crippen LogP contribution in [0.5, 0.6) is 0 Å². The molecule has 3 aromatic rings. The van der Waals surface area contributed by atoms with Gasteiger partial charge in [0.15, 0.2) is 0 Å². The average Bonchev–Trinajstić information content (AvgIpc) is 3.24. The number of aryl methyl sites for hydroxylation is 1. The number of aromatic nitrogens is 1. The van der Waals surface area contributed by atoms with Gasteiger partial charge in [0, 0.05) is 57.6 Å². The fourth-order valence-electron chi connectivity index (χ4n) is 5.35. The number of benzene rings is 2. The molecule has 0 N–H and O–H groups in total. The van der Waals surface area contributed by atoms with Crippen LogP contribution in [0.25, 0.3) is 0 Å². The number of hydrogen-bond acceptors (Lipinski definition) is 3. The highest BCUT2D eigenvalue weighted by Crippen LogP contribution is 2.43. The van der Waals surface area contributed by atoms with E-state index in [-0.39, 0.29) is 0 Å². The van der Waals surface area contributed by atoms with Crippen molar-refractivity contribution in [3.8, 4) is 0 Å². The van der Waals surface area contributed by atoms with Gasteiger partial charge in [-0.25, -0.2) is 0 Å². The first-order valence-electron chi connectivity index (χ1n) is 11.6. The Morgan fingerprint density at radius 1 is 0.903 bits per heavy atom. The van der Waals surface area contributed by atoms with Gasteiger partial charge in [0.05, 0.1) is 19.3 Å². The van der Waals surface area contributed by atoms with Gasteiger partial charge >= 0.3 is 0 Å². The molecule has 0 amide bonds. The molecule has 2 atom stereocenters. The molecule has 2 aromatic carbocycles. The molecule has 0 radical (unpaired) electrons. The van der Waals surface area contributed by atoms with Crippen molar-refractivity contribution in [3.05, 3.63) is 95.3 Å². The van der Waals surface area contributed by atoms with Crippen LogP contribution in [0.1, 0.15) is 34.3 Å². The second kappa shape index (κ2) is 9.39. The SMILES string of the molecule is Cn1cccc1[C@@H]1[C@@H](CN2CCOCC2)c2ccccc2CN1CCc1ccccc1. The molecule has 0 aliphatic carbocycles. The molecule has 1 aromatic heterocycles. The zero-order valence-electron chi connectivity index (χ0n) is 18.5. The Bertz CT molecular complexity index is 977. The number of hydrogen-bond donors (Lipinski definition) is 0. The second-order valence-electron chi connectivity index (χ2n) is 8.91. The zero-order chi connectivity index (χ0) is 21.0. The molecular formula is C27H33N3O. The fraction of sp³-hybridized carbons (Fsp3) is 0.407. The molecular weight excluding hydrogens is 382 g/mol. The molecule has 4 nitrogen and oxygen atoms in total. The van der Waals surface area contributed by atoms with Gasteiger partial charge in [0.1, 0.15) is 0 Å². The maximum atomic E-state index is 5.63. The Kier molecular flexibility index (Phi) is 6.21. The van der Waals surface area contributed by atoms with E-state index >= 15 is 0 Å². The fourth-order valence-corrected chi connectivity index (χ4v) is 5.35. The summed E-state index contributed by atoms with van der Waals surface area (Å²) < 4.78 is 7.95. The van der Waals surface area contributed by atoms with Gasteiger partial charge in [0.2, 0.25) is 0 Å². The lowest BCUT2D eigenvalue weighted by atomic mass is 9.81. The first-order chi connectivity index (χ1) is 15.3. The summed E-state index contributed by atoms with van der Waals surface area (Å²) in [5, 5.41) is 0. The van der Waals surface area contributed by atoms with Crippen LogP contribution in [0.2, 0.25) is 0 Å². The summed E-state index contributed by atoms with van der Waals surface area (Å²) in [5.41, 5.74) is 5.84. The molecule has 5 rings (SSSR count). The number of ether oxygens (including phenoxy) is 1. The van der Waals surface area contributed by atoms with E-state index in [1.807, 2.05) is 0 Å². The quantitative estimate of drug-likeness (QED) is 0.601. The lowest BCUT2D eigenvalue weighted by molar-refractivity contribution is 0.0250. The molecule has 31 heavy (non-hydrogen) atoms. The second-order valence-corrected chi connectivity index (χ2v) is 8.91. The van der Waals surface area contributed by atoms with Crippen molar-refractivity contribution in [1.29, 1.82) is 0 Å². The highest BCUT2D eigenvalue weighted by Gasteiger charge is 2.38. The van der Waals surface area contributed by atoms with E-state index in [1.54, 1.807) is 0 Å². The van der Waals surface area contributed by atoms with Crippen molar-refractivity contribution >= 4 is 0 Å². The molecule has 2 aliphatic rings. The first-order valence-corrected chi connectivity index (χ1v) is 11.6. The number of rotatable bonds is 6. The third-order valence-corrected chi connectivity index (χ3v) is 6.98. The molecule has 1 fully saturated rings. The zero-order valence-corrected chi connectivity index (χ0v) is 18.5. The van der Waals surface area contributed by atoms with Crippen LogP contribution in [0.3, 0.4) is 0 Å². The molecule has 0 bridgehead atoms. The molecule has 3 heterocycles. The van der Waals surface area contributed by atoms with Crippen LogP contribution < -0.4 is 0 Å². The largest absolute Gasteiger partial charge is 0.379 e. The molecule has 0 unspecified atom stereocenters. The van der Waals surface area contributed by atoms with Gasteiger partial charge in [-0.1, -0.05) is 54.6 Å². The third kappa shape index (κ3) is 4.47. The van der Waals surface area contributed by atoms with Gasteiger partial charge in [-0.15, -0.1) is 0 Å². The van der Waals surface area contributed by atoms with Crippen LogP contribution in [0.15, 0.2) is 72.9 Å². The van der Waals surface area contributed by atoms with E-state index in [0.29, 0.717) is 12.0 Å². The maximum absolute atomic E-state index is 5.63. The van der Waals surface area contributed by atoms with Gasteiger partial charge in [0.25, 0.3) is 0 Å². The first kappa shape index (κ1) is 20.5. The van der Waals surface area contributed by atoms with E-state index in [1.165, 1.54) is 22.4 Å². The van der Waals surface area contributed by atoms with Crippen molar-refractivity contribution in [2.75, 3.05) is 39.4 Å². The Balaban J connectivity index is 1.49. The van der Waals surface area contributed by atoms with E-state index < -0.39 is 0 Å². The van der Waals surface area contributed by atoms with Crippen molar-refractivity contribution < 1.29 is 4.74 Å². The maximum Gasteiger partial charge on any atom is 0.0594 e. The summed E-state index contributed by atoms with van der Waals surface area (Å²) in [5.74, 6) is 0.451.